The fourth-order valence-electron chi connectivity index (χ4n) is 7.90. The van der Waals surface area contributed by atoms with Gasteiger partial charge in [0.25, 0.3) is 6.47 Å². The highest BCUT2D eigenvalue weighted by molar-refractivity contribution is 8.00. The highest BCUT2D eigenvalue weighted by Gasteiger charge is 2.17. The lowest BCUT2D eigenvalue weighted by Crippen LogP contribution is -2.27. The van der Waals surface area contributed by atoms with E-state index in [-0.39, 0.29) is 11.7 Å². The summed E-state index contributed by atoms with van der Waals surface area (Å²) in [6.07, 6.45) is 52.9. The van der Waals surface area contributed by atoms with Crippen LogP contribution in [0, 0.1) is 0 Å². The third-order valence-electron chi connectivity index (χ3n) is 11.9. The van der Waals surface area contributed by atoms with Crippen molar-refractivity contribution in [2.75, 3.05) is 37.7 Å². The Morgan fingerprint density at radius 2 is 0.800 bits per heavy atom. The fourth-order valence-corrected chi connectivity index (χ4v) is 9.41. The number of thioether (sulfide) groups is 1. The van der Waals surface area contributed by atoms with Gasteiger partial charge in [-0.15, -0.1) is 0 Å². The van der Waals surface area contributed by atoms with Gasteiger partial charge in [-0.3, -0.25) is 9.59 Å². The number of Topliss-reactive ketones (excluding diaryl/α,β-unsaturated/α-hetero) is 1. The van der Waals surface area contributed by atoms with Crippen molar-refractivity contribution in [1.82, 2.24) is 4.90 Å². The standard InChI is InChI=1S/C42H85NO2S.C10H22S.CH2O2/c1-4-7-10-12-14-16-17-18-21-25-29-36-43(38-31-32-39-44)37-30-26-22-19-20-24-28-34-41(45)42(35-9-6-3)46-40-33-27-23-15-13-11-8-5-2;1-2-3-4-5-6-7-8-9-10-11;2-1-3/h42,44H,4-40H2,1-3H3;11H,2-10H2,1H3;1H,(H,2,3). The van der Waals surface area contributed by atoms with E-state index in [0.29, 0.717) is 12.4 Å². The Kier molecular flexibility index (Phi) is 65.0. The molecule has 1 atom stereocenters. The number of nitrogens with zero attached hydrogens (tertiary/aromatic N) is 1. The minimum Gasteiger partial charge on any atom is -0.483 e. The number of aliphatic hydroxyl groups excluding tert-OH is 1. The largest absolute Gasteiger partial charge is 0.483 e. The van der Waals surface area contributed by atoms with Crippen LogP contribution < -0.4 is 0 Å². The van der Waals surface area contributed by atoms with E-state index in [1.54, 1.807) is 0 Å². The van der Waals surface area contributed by atoms with Crippen LogP contribution in [0.1, 0.15) is 285 Å². The Balaban J connectivity index is -0.00000197. The van der Waals surface area contributed by atoms with Crippen LogP contribution in [-0.2, 0) is 9.59 Å². The molecule has 0 aromatic carbocycles. The number of carboxylic acid groups (broad SMARTS) is 1. The predicted molar refractivity (Wildman–Crippen MR) is 275 cm³/mol. The quantitative estimate of drug-likeness (QED) is 0.0321. The smallest absolute Gasteiger partial charge is 0.290 e. The van der Waals surface area contributed by atoms with Crippen molar-refractivity contribution in [2.24, 2.45) is 0 Å². The SMILES string of the molecule is CCCCCCCCCCCCCN(CCCCO)CCCCCCCCCC(=O)C(CCCC)SCCCCCCCCCC.CCCCCCCCCCS.O=CO. The van der Waals surface area contributed by atoms with Crippen LogP contribution in [0.15, 0.2) is 0 Å². The molecule has 0 aromatic rings. The first kappa shape index (κ1) is 64.0. The molecule has 0 aliphatic rings. The van der Waals surface area contributed by atoms with Gasteiger partial charge in [0.15, 0.2) is 0 Å². The molecule has 0 fully saturated rings. The molecule has 1 unspecified atom stereocenters. The average molecular weight is 889 g/mol. The number of unbranched alkanes of at least 4 members (excludes halogenated alkanes) is 32. The first-order valence-corrected chi connectivity index (χ1v) is 28.4. The molecule has 0 saturated carbocycles. The Hall–Kier alpha value is -0.240. The van der Waals surface area contributed by atoms with E-state index in [9.17, 15) is 9.90 Å². The van der Waals surface area contributed by atoms with E-state index >= 15 is 0 Å². The third kappa shape index (κ3) is 57.8. The molecule has 0 aliphatic carbocycles. The van der Waals surface area contributed by atoms with Gasteiger partial charge >= 0.3 is 0 Å². The molecule has 60 heavy (non-hydrogen) atoms. The average Bonchev–Trinajstić information content (AvgIpc) is 3.25. The maximum absolute atomic E-state index is 13.0. The van der Waals surface area contributed by atoms with Crippen LogP contribution in [-0.4, -0.2) is 70.4 Å². The van der Waals surface area contributed by atoms with Gasteiger partial charge in [-0.05, 0) is 82.5 Å². The Morgan fingerprint density at radius 1 is 0.483 bits per heavy atom. The molecule has 0 rings (SSSR count). The maximum atomic E-state index is 13.0. The van der Waals surface area contributed by atoms with Crippen molar-refractivity contribution in [3.8, 4) is 0 Å². The highest BCUT2D eigenvalue weighted by Crippen LogP contribution is 2.23. The molecule has 0 saturated heterocycles. The fraction of sp³-hybridized carbons (Fsp3) is 0.962. The molecule has 0 spiro atoms. The second kappa shape index (κ2) is 60.8. The Morgan fingerprint density at radius 3 is 1.17 bits per heavy atom. The molecule has 7 heteroatoms. The number of thiol groups is 1. The summed E-state index contributed by atoms with van der Waals surface area (Å²) in [5.41, 5.74) is 0. The van der Waals surface area contributed by atoms with Crippen LogP contribution in [0.5, 0.6) is 0 Å². The number of hydrogen-bond acceptors (Lipinski definition) is 6. The van der Waals surface area contributed by atoms with Crippen molar-refractivity contribution in [1.29, 1.82) is 0 Å². The van der Waals surface area contributed by atoms with E-state index in [1.165, 1.54) is 244 Å². The molecule has 0 amide bonds. The van der Waals surface area contributed by atoms with Gasteiger partial charge in [-0.1, -0.05) is 227 Å². The number of hydrogen-bond donors (Lipinski definition) is 3. The van der Waals surface area contributed by atoms with Crippen LogP contribution in [0.25, 0.3) is 0 Å². The molecular weight excluding hydrogens is 779 g/mol. The summed E-state index contributed by atoms with van der Waals surface area (Å²) in [6.45, 7) is 12.8. The van der Waals surface area contributed by atoms with Crippen LogP contribution in [0.2, 0.25) is 0 Å². The first-order chi connectivity index (χ1) is 29.5. The van der Waals surface area contributed by atoms with Crippen LogP contribution in [0.4, 0.5) is 0 Å². The summed E-state index contributed by atoms with van der Waals surface area (Å²) in [7, 11) is 0. The lowest BCUT2D eigenvalue weighted by atomic mass is 10.0. The van der Waals surface area contributed by atoms with Crippen LogP contribution >= 0.6 is 24.4 Å². The summed E-state index contributed by atoms with van der Waals surface area (Å²) >= 11 is 6.15. The topological polar surface area (TPSA) is 77.8 Å². The lowest BCUT2D eigenvalue weighted by Gasteiger charge is -2.22. The number of ketones is 1. The van der Waals surface area contributed by atoms with Gasteiger partial charge in [0.05, 0.1) is 5.25 Å². The lowest BCUT2D eigenvalue weighted by molar-refractivity contribution is -0.123. The van der Waals surface area contributed by atoms with E-state index in [4.69, 9.17) is 9.90 Å². The molecule has 0 heterocycles. The van der Waals surface area contributed by atoms with Crippen LogP contribution in [0.3, 0.4) is 0 Å². The minimum absolute atomic E-state index is 0.250. The van der Waals surface area contributed by atoms with Crippen molar-refractivity contribution in [2.45, 2.75) is 290 Å². The highest BCUT2D eigenvalue weighted by atomic mass is 32.2. The second-order valence-electron chi connectivity index (χ2n) is 17.8. The number of rotatable bonds is 48. The first-order valence-electron chi connectivity index (χ1n) is 26.7. The van der Waals surface area contributed by atoms with E-state index < -0.39 is 0 Å². The molecular formula is C53H109NO4S2. The second-order valence-corrected chi connectivity index (χ2v) is 19.5. The summed E-state index contributed by atoms with van der Waals surface area (Å²) < 4.78 is 0. The van der Waals surface area contributed by atoms with Crippen molar-refractivity contribution < 1.29 is 19.8 Å². The van der Waals surface area contributed by atoms with Gasteiger partial charge in [0.2, 0.25) is 0 Å². The van der Waals surface area contributed by atoms with E-state index in [2.05, 4.69) is 45.2 Å². The van der Waals surface area contributed by atoms with Gasteiger partial charge in [0, 0.05) is 13.0 Å². The number of carbonyl (C=O) groups excluding carboxylic acids is 1. The Bertz CT molecular complexity index is 765. The molecule has 5 nitrogen and oxygen atoms in total. The van der Waals surface area contributed by atoms with Crippen molar-refractivity contribution >= 4 is 36.6 Å². The van der Waals surface area contributed by atoms with Crippen molar-refractivity contribution in [3.63, 3.8) is 0 Å². The van der Waals surface area contributed by atoms with Gasteiger partial charge in [-0.25, -0.2) is 0 Å². The predicted octanol–water partition coefficient (Wildman–Crippen LogP) is 17.3. The normalized spacial score (nSPS) is 11.6. The zero-order valence-electron chi connectivity index (χ0n) is 41.2. The molecule has 0 radical (unpaired) electrons. The third-order valence-corrected chi connectivity index (χ3v) is 13.6. The molecule has 0 aliphatic heterocycles. The molecule has 0 bridgehead atoms. The van der Waals surface area contributed by atoms with Gasteiger partial charge < -0.3 is 15.1 Å². The summed E-state index contributed by atoms with van der Waals surface area (Å²) in [6, 6.07) is 0. The van der Waals surface area contributed by atoms with E-state index in [1.807, 2.05) is 11.8 Å². The molecule has 0 aromatic heterocycles. The monoisotopic (exact) mass is 888 g/mol. The number of aliphatic hydroxyl groups is 1. The van der Waals surface area contributed by atoms with Gasteiger partial charge in [0.1, 0.15) is 5.78 Å². The zero-order chi connectivity index (χ0) is 44.7. The summed E-state index contributed by atoms with van der Waals surface area (Å²) in [4.78, 5) is 24.0. The minimum atomic E-state index is -0.250. The number of carbonyl (C=O) groups is 2. The summed E-state index contributed by atoms with van der Waals surface area (Å²) in [5, 5.41) is 16.4. The molecule has 362 valence electrons. The van der Waals surface area contributed by atoms with Crippen molar-refractivity contribution in [3.05, 3.63) is 0 Å². The van der Waals surface area contributed by atoms with E-state index in [0.717, 1.165) is 44.4 Å². The molecule has 2 N–H and O–H groups in total. The Labute approximate surface area is 387 Å². The maximum Gasteiger partial charge on any atom is 0.290 e. The zero-order valence-corrected chi connectivity index (χ0v) is 42.9. The van der Waals surface area contributed by atoms with Gasteiger partial charge in [-0.2, -0.15) is 24.4 Å². The summed E-state index contributed by atoms with van der Waals surface area (Å²) in [5.74, 6) is 2.78.